The van der Waals surface area contributed by atoms with E-state index < -0.39 is 9.85 Å². The summed E-state index contributed by atoms with van der Waals surface area (Å²) in [5.74, 6) is 0. The van der Waals surface area contributed by atoms with Crippen LogP contribution in [0.5, 0.6) is 0 Å². The molecule has 0 saturated heterocycles. The van der Waals surface area contributed by atoms with Gasteiger partial charge in [0, 0.05) is 30.9 Å². The third kappa shape index (κ3) is 5.01. The molecule has 0 spiro atoms. The highest BCUT2D eigenvalue weighted by Crippen LogP contribution is 2.29. The van der Waals surface area contributed by atoms with E-state index in [1.54, 1.807) is 12.1 Å². The Morgan fingerprint density at radius 3 is 1.59 bits per heavy atom. The van der Waals surface area contributed by atoms with E-state index in [1.165, 1.54) is 24.3 Å². The number of benzene rings is 3. The number of hydrogen-bond acceptors (Lipinski definition) is 5. The Hall–Kier alpha value is -3.16. The molecule has 0 N–H and O–H groups in total. The summed E-state index contributed by atoms with van der Waals surface area (Å²) in [6, 6.07) is 18.7. The summed E-state index contributed by atoms with van der Waals surface area (Å²) in [7, 11) is 0. The Balaban J connectivity index is 1.95. The molecule has 3 aromatic carbocycles. The first-order valence-electron chi connectivity index (χ1n) is 8.51. The van der Waals surface area contributed by atoms with Crippen LogP contribution in [0.4, 0.5) is 17.1 Å². The summed E-state index contributed by atoms with van der Waals surface area (Å²) < 4.78 is 0. The van der Waals surface area contributed by atoms with Gasteiger partial charge in [-0.25, -0.2) is 0 Å². The zero-order valence-corrected chi connectivity index (χ0v) is 16.5. The van der Waals surface area contributed by atoms with Crippen LogP contribution < -0.4 is 4.90 Å². The minimum atomic E-state index is -0.527. The highest BCUT2D eigenvalue weighted by molar-refractivity contribution is 6.33. The average Bonchev–Trinajstić information content (AvgIpc) is 2.70. The van der Waals surface area contributed by atoms with Crippen molar-refractivity contribution in [1.29, 1.82) is 0 Å². The highest BCUT2D eigenvalue weighted by atomic mass is 35.5. The van der Waals surface area contributed by atoms with Crippen molar-refractivity contribution in [3.05, 3.63) is 108 Å². The minimum Gasteiger partial charge on any atom is -0.363 e. The first-order chi connectivity index (χ1) is 13.8. The molecule has 0 aromatic heterocycles. The van der Waals surface area contributed by atoms with Gasteiger partial charge in [0.2, 0.25) is 0 Å². The second-order valence-electron chi connectivity index (χ2n) is 6.28. The largest absolute Gasteiger partial charge is 0.363 e. The van der Waals surface area contributed by atoms with Gasteiger partial charge in [-0.2, -0.15) is 0 Å². The molecule has 0 fully saturated rings. The van der Waals surface area contributed by atoms with Crippen molar-refractivity contribution in [2.24, 2.45) is 0 Å². The van der Waals surface area contributed by atoms with E-state index in [1.807, 2.05) is 35.2 Å². The van der Waals surface area contributed by atoms with Crippen LogP contribution in [0, 0.1) is 20.2 Å². The number of nitro groups is 2. The molecule has 0 aliphatic carbocycles. The van der Waals surface area contributed by atoms with Crippen molar-refractivity contribution < 1.29 is 9.85 Å². The third-order valence-electron chi connectivity index (χ3n) is 4.28. The van der Waals surface area contributed by atoms with E-state index in [-0.39, 0.29) is 21.4 Å². The molecular weight excluding hydrogens is 417 g/mol. The first kappa shape index (κ1) is 20.6. The lowest BCUT2D eigenvalue weighted by Crippen LogP contribution is -2.22. The van der Waals surface area contributed by atoms with Gasteiger partial charge in [-0.3, -0.25) is 20.2 Å². The molecule has 0 aliphatic heterocycles. The fraction of sp³-hybridized carbons (Fsp3) is 0.100. The van der Waals surface area contributed by atoms with Gasteiger partial charge in [0.05, 0.1) is 9.85 Å². The van der Waals surface area contributed by atoms with Gasteiger partial charge in [0.15, 0.2) is 0 Å². The van der Waals surface area contributed by atoms with Crippen molar-refractivity contribution >= 4 is 40.3 Å². The maximum absolute atomic E-state index is 11.2. The average molecular weight is 432 g/mol. The van der Waals surface area contributed by atoms with E-state index >= 15 is 0 Å². The summed E-state index contributed by atoms with van der Waals surface area (Å²) >= 11 is 11.8. The standard InChI is InChI=1S/C20H15Cl2N3O4/c21-17-8-6-14(10-19(17)24(26)27)12-23(16-4-2-1-3-5-16)13-15-7-9-18(22)20(11-15)25(28)29/h1-11H,12-13H2. The van der Waals surface area contributed by atoms with Crippen molar-refractivity contribution in [3.63, 3.8) is 0 Å². The molecule has 0 amide bonds. The molecule has 29 heavy (non-hydrogen) atoms. The molecule has 0 atom stereocenters. The number of hydrogen-bond donors (Lipinski definition) is 0. The Morgan fingerprint density at radius 2 is 1.17 bits per heavy atom. The smallest absolute Gasteiger partial charge is 0.288 e. The van der Waals surface area contributed by atoms with Crippen LogP contribution in [0.2, 0.25) is 10.0 Å². The summed E-state index contributed by atoms with van der Waals surface area (Å²) in [6.07, 6.45) is 0. The van der Waals surface area contributed by atoms with Gasteiger partial charge >= 0.3 is 0 Å². The molecular formula is C20H15Cl2N3O4. The lowest BCUT2D eigenvalue weighted by atomic mass is 10.1. The SMILES string of the molecule is O=[N+]([O-])c1cc(CN(Cc2ccc(Cl)c([N+](=O)[O-])c2)c2ccccc2)ccc1Cl. The molecule has 3 aromatic rings. The van der Waals surface area contributed by atoms with Crippen LogP contribution >= 0.6 is 23.2 Å². The molecule has 0 unspecified atom stereocenters. The molecule has 0 aliphatic rings. The molecule has 0 radical (unpaired) electrons. The van der Waals surface area contributed by atoms with Crippen molar-refractivity contribution in [1.82, 2.24) is 0 Å². The second-order valence-corrected chi connectivity index (χ2v) is 7.09. The molecule has 0 bridgehead atoms. The minimum absolute atomic E-state index is 0.0679. The number of para-hydroxylation sites is 1. The lowest BCUT2D eigenvalue weighted by molar-refractivity contribution is -0.384. The number of rotatable bonds is 7. The van der Waals surface area contributed by atoms with Crippen LogP contribution in [0.25, 0.3) is 0 Å². The molecule has 7 nitrogen and oxygen atoms in total. The molecule has 3 rings (SSSR count). The summed E-state index contributed by atoms with van der Waals surface area (Å²) in [4.78, 5) is 23.3. The highest BCUT2D eigenvalue weighted by Gasteiger charge is 2.17. The topological polar surface area (TPSA) is 89.5 Å². The van der Waals surface area contributed by atoms with Crippen molar-refractivity contribution in [3.8, 4) is 0 Å². The Morgan fingerprint density at radius 1 is 0.724 bits per heavy atom. The van der Waals surface area contributed by atoms with E-state index in [0.717, 1.165) is 5.69 Å². The van der Waals surface area contributed by atoms with Crippen LogP contribution in [-0.4, -0.2) is 9.85 Å². The number of nitro benzene ring substituents is 2. The Labute approximate surface area is 176 Å². The van der Waals surface area contributed by atoms with Gasteiger partial charge in [0.25, 0.3) is 11.4 Å². The van der Waals surface area contributed by atoms with Gasteiger partial charge in [-0.15, -0.1) is 0 Å². The Kier molecular flexibility index (Phi) is 6.31. The maximum atomic E-state index is 11.2. The Bertz CT molecular complexity index is 995. The van der Waals surface area contributed by atoms with Crippen LogP contribution in [0.3, 0.4) is 0 Å². The van der Waals surface area contributed by atoms with Crippen LogP contribution in [0.1, 0.15) is 11.1 Å². The van der Waals surface area contributed by atoms with Gasteiger partial charge in [0.1, 0.15) is 10.0 Å². The number of halogens is 2. The predicted octanol–water partition coefficient (Wildman–Crippen LogP) is 6.02. The van der Waals surface area contributed by atoms with Gasteiger partial charge in [-0.05, 0) is 35.4 Å². The quantitative estimate of drug-likeness (QED) is 0.337. The zero-order chi connectivity index (χ0) is 21.0. The lowest BCUT2D eigenvalue weighted by Gasteiger charge is -2.25. The van der Waals surface area contributed by atoms with Crippen LogP contribution in [0.15, 0.2) is 66.7 Å². The second kappa shape index (κ2) is 8.89. The normalized spacial score (nSPS) is 10.6. The number of nitrogens with zero attached hydrogens (tertiary/aromatic N) is 3. The summed E-state index contributed by atoms with van der Waals surface area (Å²) in [5, 5.41) is 22.5. The fourth-order valence-corrected chi connectivity index (χ4v) is 3.28. The number of anilines is 1. The first-order valence-corrected chi connectivity index (χ1v) is 9.26. The molecule has 148 valence electrons. The van der Waals surface area contributed by atoms with Crippen LogP contribution in [-0.2, 0) is 13.1 Å². The van der Waals surface area contributed by atoms with E-state index in [4.69, 9.17) is 23.2 Å². The van der Waals surface area contributed by atoms with E-state index in [2.05, 4.69) is 0 Å². The van der Waals surface area contributed by atoms with E-state index in [0.29, 0.717) is 24.2 Å². The van der Waals surface area contributed by atoms with Gasteiger partial charge in [-0.1, -0.05) is 53.5 Å². The van der Waals surface area contributed by atoms with E-state index in [9.17, 15) is 20.2 Å². The monoisotopic (exact) mass is 431 g/mol. The van der Waals surface area contributed by atoms with Gasteiger partial charge < -0.3 is 4.90 Å². The third-order valence-corrected chi connectivity index (χ3v) is 4.92. The van der Waals surface area contributed by atoms with Crippen molar-refractivity contribution in [2.75, 3.05) is 4.90 Å². The van der Waals surface area contributed by atoms with Crippen molar-refractivity contribution in [2.45, 2.75) is 13.1 Å². The summed E-state index contributed by atoms with van der Waals surface area (Å²) in [6.45, 7) is 0.691. The maximum Gasteiger partial charge on any atom is 0.288 e. The molecule has 9 heteroatoms. The molecule has 0 heterocycles. The molecule has 0 saturated carbocycles. The predicted molar refractivity (Wildman–Crippen MR) is 113 cm³/mol. The zero-order valence-electron chi connectivity index (χ0n) is 15.0. The fourth-order valence-electron chi connectivity index (χ4n) is 2.91. The summed E-state index contributed by atoms with van der Waals surface area (Å²) in [5.41, 5.74) is 1.91.